The average Bonchev–Trinajstić information content (AvgIpc) is 3.19. The van der Waals surface area contributed by atoms with Gasteiger partial charge in [0.15, 0.2) is 5.69 Å². The fourth-order valence-corrected chi connectivity index (χ4v) is 3.68. The predicted octanol–water partition coefficient (Wildman–Crippen LogP) is 3.62. The van der Waals surface area contributed by atoms with Gasteiger partial charge in [-0.15, -0.1) is 0 Å². The van der Waals surface area contributed by atoms with Gasteiger partial charge in [0.05, 0.1) is 16.9 Å². The first-order valence-corrected chi connectivity index (χ1v) is 9.83. The molecule has 0 radical (unpaired) electrons. The van der Waals surface area contributed by atoms with Crippen molar-refractivity contribution in [2.24, 2.45) is 0 Å². The van der Waals surface area contributed by atoms with Gasteiger partial charge in [0, 0.05) is 19.3 Å². The average molecular weight is 399 g/mol. The zero-order valence-electron chi connectivity index (χ0n) is 16.6. The Bertz CT molecular complexity index is 1140. The lowest BCUT2D eigenvalue weighted by Gasteiger charge is -2.20. The highest BCUT2D eigenvalue weighted by molar-refractivity contribution is 6.07. The number of hydrogen-bond donors (Lipinski definition) is 1. The lowest BCUT2D eigenvalue weighted by molar-refractivity contribution is 0.0978. The zero-order chi connectivity index (χ0) is 21.1. The summed E-state index contributed by atoms with van der Waals surface area (Å²) in [4.78, 5) is 32.2. The number of rotatable bonds is 4. The molecule has 0 spiro atoms. The molecule has 1 aliphatic heterocycles. The Kier molecular flexibility index (Phi) is 5.31. The molecule has 3 aromatic rings. The van der Waals surface area contributed by atoms with Crippen molar-refractivity contribution in [3.05, 3.63) is 77.4 Å². The third-order valence-electron chi connectivity index (χ3n) is 5.27. The smallest absolute Gasteiger partial charge is 0.294 e. The number of carbonyl (C=O) groups is 2. The SMILES string of the molecule is CN(C(=O)c1nc(C(=O)Nc2ccccc2C#N)c2n1CCCC2)c1ccccc1. The van der Waals surface area contributed by atoms with Crippen molar-refractivity contribution < 1.29 is 9.59 Å². The van der Waals surface area contributed by atoms with Gasteiger partial charge in [-0.05, 0) is 43.5 Å². The second-order valence-electron chi connectivity index (χ2n) is 7.15. The van der Waals surface area contributed by atoms with Crippen LogP contribution in [0.4, 0.5) is 11.4 Å². The molecule has 1 aliphatic rings. The van der Waals surface area contributed by atoms with E-state index in [1.54, 1.807) is 31.3 Å². The van der Waals surface area contributed by atoms with Gasteiger partial charge in [0.2, 0.25) is 5.82 Å². The van der Waals surface area contributed by atoms with Crippen molar-refractivity contribution in [3.63, 3.8) is 0 Å². The first-order valence-electron chi connectivity index (χ1n) is 9.83. The van der Waals surface area contributed by atoms with Crippen LogP contribution in [0.25, 0.3) is 0 Å². The number of para-hydroxylation sites is 2. The molecule has 1 aromatic heterocycles. The highest BCUT2D eigenvalue weighted by Crippen LogP contribution is 2.24. The number of nitrogens with zero attached hydrogens (tertiary/aromatic N) is 4. The van der Waals surface area contributed by atoms with Gasteiger partial charge >= 0.3 is 0 Å². The maximum absolute atomic E-state index is 13.2. The highest BCUT2D eigenvalue weighted by atomic mass is 16.2. The first kappa shape index (κ1) is 19.4. The molecular formula is C23H21N5O2. The summed E-state index contributed by atoms with van der Waals surface area (Å²) >= 11 is 0. The molecule has 4 rings (SSSR count). The van der Waals surface area contributed by atoms with E-state index >= 15 is 0 Å². The van der Waals surface area contributed by atoms with E-state index in [1.165, 1.54) is 4.90 Å². The van der Waals surface area contributed by atoms with Gasteiger partial charge in [-0.25, -0.2) is 4.98 Å². The maximum atomic E-state index is 13.2. The molecule has 0 aliphatic carbocycles. The first-order chi connectivity index (χ1) is 14.6. The minimum atomic E-state index is -0.412. The van der Waals surface area contributed by atoms with Crippen LogP contribution in [0.3, 0.4) is 0 Å². The molecule has 30 heavy (non-hydrogen) atoms. The van der Waals surface area contributed by atoms with E-state index in [4.69, 9.17) is 0 Å². The second-order valence-corrected chi connectivity index (χ2v) is 7.15. The fourth-order valence-electron chi connectivity index (χ4n) is 3.68. The summed E-state index contributed by atoms with van der Waals surface area (Å²) in [6.45, 7) is 0.647. The fraction of sp³-hybridized carbons (Fsp3) is 0.217. The third kappa shape index (κ3) is 3.55. The van der Waals surface area contributed by atoms with Crippen LogP contribution in [0.5, 0.6) is 0 Å². The molecule has 150 valence electrons. The number of aromatic nitrogens is 2. The zero-order valence-corrected chi connectivity index (χ0v) is 16.6. The molecule has 2 aromatic carbocycles. The van der Waals surface area contributed by atoms with Crippen molar-refractivity contribution >= 4 is 23.2 Å². The number of carbonyl (C=O) groups excluding carboxylic acids is 2. The van der Waals surface area contributed by atoms with Crippen LogP contribution >= 0.6 is 0 Å². The molecule has 0 bridgehead atoms. The number of nitrogens with one attached hydrogen (secondary N) is 1. The van der Waals surface area contributed by atoms with Crippen molar-refractivity contribution in [1.29, 1.82) is 5.26 Å². The van der Waals surface area contributed by atoms with Crippen LogP contribution in [-0.2, 0) is 13.0 Å². The van der Waals surface area contributed by atoms with Gasteiger partial charge in [-0.1, -0.05) is 30.3 Å². The molecule has 0 unspecified atom stereocenters. The molecule has 2 amide bonds. The summed E-state index contributed by atoms with van der Waals surface area (Å²) in [7, 11) is 1.70. The molecule has 0 saturated carbocycles. The lowest BCUT2D eigenvalue weighted by atomic mass is 10.1. The van der Waals surface area contributed by atoms with E-state index in [9.17, 15) is 14.9 Å². The summed E-state index contributed by atoms with van der Waals surface area (Å²) in [5, 5.41) is 12.0. The quantitative estimate of drug-likeness (QED) is 0.725. The summed E-state index contributed by atoms with van der Waals surface area (Å²) in [5.74, 6) is -0.416. The molecule has 1 N–H and O–H groups in total. The van der Waals surface area contributed by atoms with Crippen molar-refractivity contribution in [1.82, 2.24) is 9.55 Å². The van der Waals surface area contributed by atoms with Gasteiger partial charge in [-0.2, -0.15) is 5.26 Å². The molecule has 0 atom stereocenters. The number of hydrogen-bond acceptors (Lipinski definition) is 4. The number of imidazole rings is 1. The van der Waals surface area contributed by atoms with E-state index in [0.717, 1.165) is 24.2 Å². The number of fused-ring (bicyclic) bond motifs is 1. The van der Waals surface area contributed by atoms with Crippen LogP contribution in [0, 0.1) is 11.3 Å². The van der Waals surface area contributed by atoms with Crippen LogP contribution in [0.1, 0.15) is 45.2 Å². The van der Waals surface area contributed by atoms with Gasteiger partial charge in [-0.3, -0.25) is 9.59 Å². The van der Waals surface area contributed by atoms with Crippen LogP contribution < -0.4 is 10.2 Å². The van der Waals surface area contributed by atoms with E-state index in [1.807, 2.05) is 34.9 Å². The van der Waals surface area contributed by atoms with Crippen molar-refractivity contribution in [2.75, 3.05) is 17.3 Å². The minimum absolute atomic E-state index is 0.243. The van der Waals surface area contributed by atoms with Gasteiger partial charge in [0.1, 0.15) is 6.07 Å². The maximum Gasteiger partial charge on any atom is 0.294 e. The molecule has 0 saturated heterocycles. The largest absolute Gasteiger partial charge is 0.323 e. The summed E-state index contributed by atoms with van der Waals surface area (Å²) in [6, 6.07) is 18.2. The Hall–Kier alpha value is -3.92. The van der Waals surface area contributed by atoms with E-state index in [0.29, 0.717) is 24.2 Å². The predicted molar refractivity (Wildman–Crippen MR) is 113 cm³/mol. The highest BCUT2D eigenvalue weighted by Gasteiger charge is 2.29. The minimum Gasteiger partial charge on any atom is -0.323 e. The number of amides is 2. The van der Waals surface area contributed by atoms with E-state index in [-0.39, 0.29) is 17.4 Å². The normalized spacial score (nSPS) is 12.5. The topological polar surface area (TPSA) is 91.0 Å². The van der Waals surface area contributed by atoms with Crippen LogP contribution in [0.15, 0.2) is 54.6 Å². The van der Waals surface area contributed by atoms with E-state index < -0.39 is 5.91 Å². The number of benzene rings is 2. The summed E-state index contributed by atoms with van der Waals surface area (Å²) < 4.78 is 1.86. The Labute approximate surface area is 174 Å². The molecule has 2 heterocycles. The Morgan fingerprint density at radius 1 is 1.10 bits per heavy atom. The van der Waals surface area contributed by atoms with Gasteiger partial charge < -0.3 is 14.8 Å². The summed E-state index contributed by atoms with van der Waals surface area (Å²) in [6.07, 6.45) is 2.54. The molecular weight excluding hydrogens is 378 g/mol. The van der Waals surface area contributed by atoms with E-state index in [2.05, 4.69) is 16.4 Å². The summed E-state index contributed by atoms with van der Waals surface area (Å²) in [5.41, 5.74) is 2.56. The Morgan fingerprint density at radius 3 is 2.60 bits per heavy atom. The monoisotopic (exact) mass is 399 g/mol. The standard InChI is InChI=1S/C23H21N5O2/c1-27(17-10-3-2-4-11-17)23(30)21-26-20(19-13-7-8-14-28(19)21)22(29)25-18-12-6-5-9-16(18)15-24/h2-6,9-12H,7-8,13-14H2,1H3,(H,25,29). The van der Waals surface area contributed by atoms with Crippen LogP contribution in [-0.4, -0.2) is 28.4 Å². The third-order valence-corrected chi connectivity index (χ3v) is 5.27. The van der Waals surface area contributed by atoms with Gasteiger partial charge in [0.25, 0.3) is 11.8 Å². The number of anilines is 2. The molecule has 0 fully saturated rings. The van der Waals surface area contributed by atoms with Crippen LogP contribution in [0.2, 0.25) is 0 Å². The lowest BCUT2D eigenvalue weighted by Crippen LogP contribution is -2.30. The van der Waals surface area contributed by atoms with Crippen molar-refractivity contribution in [2.45, 2.75) is 25.8 Å². The second kappa shape index (κ2) is 8.21. The Balaban J connectivity index is 1.68. The van der Waals surface area contributed by atoms with Crippen molar-refractivity contribution in [3.8, 4) is 6.07 Å². The molecule has 7 nitrogen and oxygen atoms in total. The molecule has 7 heteroatoms. The Morgan fingerprint density at radius 2 is 1.83 bits per heavy atom. The number of nitriles is 1.